The minimum absolute atomic E-state index is 0.0550. The van der Waals surface area contributed by atoms with Crippen molar-refractivity contribution in [1.82, 2.24) is 15.5 Å². The van der Waals surface area contributed by atoms with Crippen molar-refractivity contribution in [2.75, 3.05) is 0 Å². The lowest BCUT2D eigenvalue weighted by atomic mass is 9.47. The van der Waals surface area contributed by atoms with Gasteiger partial charge in [-0.2, -0.15) is 0 Å². The summed E-state index contributed by atoms with van der Waals surface area (Å²) in [5.41, 5.74) is 0.271. The van der Waals surface area contributed by atoms with Crippen molar-refractivity contribution in [3.05, 3.63) is 0 Å². The van der Waals surface area contributed by atoms with Crippen LogP contribution >= 0.6 is 12.2 Å². The van der Waals surface area contributed by atoms with E-state index in [4.69, 9.17) is 12.2 Å². The molecule has 4 aliphatic rings. The topological polar surface area (TPSA) is 61.4 Å². The molecule has 0 bridgehead atoms. The number of piperidine rings is 1. The van der Waals surface area contributed by atoms with Gasteiger partial charge in [0.15, 0.2) is 5.11 Å². The van der Waals surface area contributed by atoms with Crippen LogP contribution in [0.2, 0.25) is 0 Å². The first-order valence-corrected chi connectivity index (χ1v) is 13.3. The number of nitrogens with zero attached hydrogens (tertiary/aromatic N) is 1. The first-order valence-electron chi connectivity index (χ1n) is 12.9. The third-order valence-corrected chi connectivity index (χ3v) is 10.1. The number of hydrogen-bond donors (Lipinski definition) is 2. The first kappa shape index (κ1) is 24.0. The highest BCUT2D eigenvalue weighted by Gasteiger charge is 2.61. The minimum atomic E-state index is 0.0550. The number of fused-ring (bicyclic) bond motifs is 5. The zero-order valence-electron chi connectivity index (χ0n) is 20.9. The molecule has 3 saturated carbocycles. The summed E-state index contributed by atoms with van der Waals surface area (Å²) >= 11 is 5.66. The van der Waals surface area contributed by atoms with Crippen LogP contribution in [-0.4, -0.2) is 40.0 Å². The molecule has 0 spiro atoms. The fourth-order valence-electron chi connectivity index (χ4n) is 8.18. The van der Waals surface area contributed by atoms with E-state index in [-0.39, 0.29) is 40.6 Å². The summed E-state index contributed by atoms with van der Waals surface area (Å²) in [4.78, 5) is 27.8. The Morgan fingerprint density at radius 1 is 1.03 bits per heavy atom. The molecule has 0 aromatic rings. The SMILES string of the molecule is CC(C)NC(=S)N(C(=O)C1CCC2C3CC[C@H]4NC(=O)CC[C@]4(C)C3CC[C@]12C)C(C)C. The van der Waals surface area contributed by atoms with Gasteiger partial charge in [0.2, 0.25) is 11.8 Å². The standard InChI is InChI=1S/C26H43N3O2S/c1-15(2)27-24(32)29(16(3)4)23(31)20-9-8-18-17-7-10-21-26(6,14-12-22(30)28-21)19(17)11-13-25(18,20)5/h15-21H,7-14H2,1-6H3,(H,27,32)(H,28,30)/t17?,18?,19?,20?,21-,25+,26-/m1/s1. The third-order valence-electron chi connectivity index (χ3n) is 9.78. The molecule has 4 fully saturated rings. The summed E-state index contributed by atoms with van der Waals surface area (Å²) in [6.45, 7) is 13.1. The summed E-state index contributed by atoms with van der Waals surface area (Å²) in [7, 11) is 0. The van der Waals surface area contributed by atoms with Crippen molar-refractivity contribution in [2.24, 2.45) is 34.5 Å². The van der Waals surface area contributed by atoms with E-state index in [2.05, 4.69) is 52.2 Å². The molecule has 32 heavy (non-hydrogen) atoms. The molecule has 4 unspecified atom stereocenters. The highest BCUT2D eigenvalue weighted by atomic mass is 32.1. The number of amides is 2. The largest absolute Gasteiger partial charge is 0.360 e. The maximum absolute atomic E-state index is 13.9. The predicted molar refractivity (Wildman–Crippen MR) is 132 cm³/mol. The number of nitrogens with one attached hydrogen (secondary N) is 2. The second-order valence-corrected chi connectivity index (χ2v) is 12.5. The van der Waals surface area contributed by atoms with E-state index in [1.54, 1.807) is 0 Å². The van der Waals surface area contributed by atoms with E-state index >= 15 is 0 Å². The molecular weight excluding hydrogens is 418 g/mol. The Kier molecular flexibility index (Phi) is 6.41. The predicted octanol–water partition coefficient (Wildman–Crippen LogP) is 4.64. The van der Waals surface area contributed by atoms with Gasteiger partial charge in [0.1, 0.15) is 0 Å². The average Bonchev–Trinajstić information content (AvgIpc) is 3.05. The fourth-order valence-corrected chi connectivity index (χ4v) is 8.72. The minimum Gasteiger partial charge on any atom is -0.360 e. The number of hydrogen-bond acceptors (Lipinski definition) is 3. The number of thiocarbonyl (C=S) groups is 1. The van der Waals surface area contributed by atoms with Gasteiger partial charge in [-0.15, -0.1) is 0 Å². The zero-order chi connectivity index (χ0) is 23.4. The number of carbonyl (C=O) groups excluding carboxylic acids is 2. The second-order valence-electron chi connectivity index (χ2n) is 12.2. The molecule has 0 radical (unpaired) electrons. The summed E-state index contributed by atoms with van der Waals surface area (Å²) in [5.74, 6) is 2.46. The molecule has 5 nitrogen and oxygen atoms in total. The molecule has 7 atom stereocenters. The average molecular weight is 462 g/mol. The lowest BCUT2D eigenvalue weighted by Crippen LogP contribution is -2.61. The summed E-state index contributed by atoms with van der Waals surface area (Å²) < 4.78 is 0. The monoisotopic (exact) mass is 461 g/mol. The number of carbonyl (C=O) groups is 2. The van der Waals surface area contributed by atoms with Crippen molar-refractivity contribution in [1.29, 1.82) is 0 Å². The molecule has 2 amide bonds. The molecule has 3 aliphatic carbocycles. The maximum atomic E-state index is 13.9. The summed E-state index contributed by atoms with van der Waals surface area (Å²) in [6.07, 6.45) is 8.39. The highest BCUT2D eigenvalue weighted by molar-refractivity contribution is 7.80. The van der Waals surface area contributed by atoms with Gasteiger partial charge < -0.3 is 10.6 Å². The van der Waals surface area contributed by atoms with Gasteiger partial charge in [-0.05, 0) is 113 Å². The second kappa shape index (κ2) is 8.56. The Morgan fingerprint density at radius 3 is 2.38 bits per heavy atom. The zero-order valence-corrected chi connectivity index (χ0v) is 21.7. The molecule has 1 saturated heterocycles. The molecule has 6 heteroatoms. The van der Waals surface area contributed by atoms with Gasteiger partial charge in [0, 0.05) is 30.5 Å². The molecule has 0 aromatic heterocycles. The van der Waals surface area contributed by atoms with Crippen molar-refractivity contribution in [3.63, 3.8) is 0 Å². The maximum Gasteiger partial charge on any atom is 0.232 e. The third kappa shape index (κ3) is 3.78. The van der Waals surface area contributed by atoms with E-state index in [1.807, 2.05) is 4.90 Å². The van der Waals surface area contributed by atoms with Gasteiger partial charge >= 0.3 is 0 Å². The lowest BCUT2D eigenvalue weighted by Gasteiger charge is -2.60. The van der Waals surface area contributed by atoms with E-state index in [0.717, 1.165) is 32.1 Å². The Labute approximate surface area is 199 Å². The highest BCUT2D eigenvalue weighted by Crippen LogP contribution is 2.65. The van der Waals surface area contributed by atoms with Crippen LogP contribution < -0.4 is 10.6 Å². The van der Waals surface area contributed by atoms with Gasteiger partial charge in [-0.1, -0.05) is 13.8 Å². The molecule has 2 N–H and O–H groups in total. The molecular formula is C26H43N3O2S. The molecule has 1 aliphatic heterocycles. The Morgan fingerprint density at radius 2 is 1.72 bits per heavy atom. The fraction of sp³-hybridized carbons (Fsp3) is 0.885. The van der Waals surface area contributed by atoms with E-state index in [0.29, 0.717) is 35.3 Å². The Balaban J connectivity index is 1.55. The van der Waals surface area contributed by atoms with Crippen molar-refractivity contribution >= 4 is 29.1 Å². The van der Waals surface area contributed by atoms with Crippen LogP contribution in [0.1, 0.15) is 92.9 Å². The first-order chi connectivity index (χ1) is 15.0. The van der Waals surface area contributed by atoms with Crippen molar-refractivity contribution < 1.29 is 9.59 Å². The van der Waals surface area contributed by atoms with Gasteiger partial charge in [-0.25, -0.2) is 0 Å². The van der Waals surface area contributed by atoms with Crippen molar-refractivity contribution in [3.8, 4) is 0 Å². The summed E-state index contributed by atoms with van der Waals surface area (Å²) in [6, 6.07) is 0.607. The molecule has 0 aromatic carbocycles. The van der Waals surface area contributed by atoms with Crippen LogP contribution in [0.25, 0.3) is 0 Å². The lowest BCUT2D eigenvalue weighted by molar-refractivity contribution is -0.145. The normalized spacial score (nSPS) is 40.9. The number of rotatable bonds is 3. The summed E-state index contributed by atoms with van der Waals surface area (Å²) in [5, 5.41) is 7.20. The van der Waals surface area contributed by atoms with Crippen LogP contribution in [0.15, 0.2) is 0 Å². The van der Waals surface area contributed by atoms with Crippen molar-refractivity contribution in [2.45, 2.75) is 111 Å². The van der Waals surface area contributed by atoms with Gasteiger partial charge in [0.25, 0.3) is 0 Å². The van der Waals surface area contributed by atoms with Gasteiger partial charge in [0.05, 0.1) is 0 Å². The van der Waals surface area contributed by atoms with E-state index in [1.165, 1.54) is 12.8 Å². The Bertz CT molecular complexity index is 783. The molecule has 1 heterocycles. The van der Waals surface area contributed by atoms with Crippen LogP contribution in [0, 0.1) is 34.5 Å². The van der Waals surface area contributed by atoms with Crippen LogP contribution in [-0.2, 0) is 9.59 Å². The van der Waals surface area contributed by atoms with E-state index in [9.17, 15) is 9.59 Å². The van der Waals surface area contributed by atoms with Crippen LogP contribution in [0.4, 0.5) is 0 Å². The Hall–Kier alpha value is -1.17. The molecule has 4 rings (SSSR count). The molecule has 180 valence electrons. The smallest absolute Gasteiger partial charge is 0.232 e. The van der Waals surface area contributed by atoms with E-state index < -0.39 is 0 Å². The van der Waals surface area contributed by atoms with Gasteiger partial charge in [-0.3, -0.25) is 14.5 Å². The van der Waals surface area contributed by atoms with Crippen LogP contribution in [0.5, 0.6) is 0 Å². The van der Waals surface area contributed by atoms with Crippen LogP contribution in [0.3, 0.4) is 0 Å². The quantitative estimate of drug-likeness (QED) is 0.601.